The van der Waals surface area contributed by atoms with Crippen LogP contribution in [0.4, 0.5) is 5.69 Å². The van der Waals surface area contributed by atoms with Crippen LogP contribution in [0.2, 0.25) is 5.02 Å². The van der Waals surface area contributed by atoms with Crippen LogP contribution >= 0.6 is 22.9 Å². The molecular formula is C14H19ClN4OS. The zero-order chi connectivity index (χ0) is 15.6. The van der Waals surface area contributed by atoms with Crippen molar-refractivity contribution in [3.05, 3.63) is 37.7 Å². The molecule has 2 heterocycles. The molecule has 0 aliphatic rings. The zero-order valence-corrected chi connectivity index (χ0v) is 14.1. The molecule has 0 aliphatic carbocycles. The number of rotatable bonds is 5. The van der Waals surface area contributed by atoms with Crippen molar-refractivity contribution in [3.8, 4) is 0 Å². The van der Waals surface area contributed by atoms with Crippen LogP contribution in [0.5, 0.6) is 0 Å². The van der Waals surface area contributed by atoms with Gasteiger partial charge in [-0.3, -0.25) is 4.79 Å². The number of halogens is 1. The molecule has 0 saturated carbocycles. The van der Waals surface area contributed by atoms with E-state index in [1.165, 1.54) is 4.68 Å². The SMILES string of the molecule is Cc1cnc(C(C)Nc2cnn(CC(C)C)c(=O)c2Cl)s1. The molecule has 5 nitrogen and oxygen atoms in total. The molecule has 2 aromatic heterocycles. The average molecular weight is 327 g/mol. The van der Waals surface area contributed by atoms with E-state index in [0.29, 0.717) is 18.2 Å². The smallest absolute Gasteiger partial charge is 0.287 e. The van der Waals surface area contributed by atoms with Crippen molar-refractivity contribution in [1.82, 2.24) is 14.8 Å². The molecule has 0 aliphatic heterocycles. The van der Waals surface area contributed by atoms with Crippen LogP contribution in [0.15, 0.2) is 17.2 Å². The lowest BCUT2D eigenvalue weighted by atomic mass is 10.2. The first-order valence-corrected chi connectivity index (χ1v) is 8.02. The normalized spacial score (nSPS) is 12.7. The Balaban J connectivity index is 2.21. The first-order chi connectivity index (χ1) is 9.88. The minimum atomic E-state index is -0.266. The summed E-state index contributed by atoms with van der Waals surface area (Å²) >= 11 is 7.78. The van der Waals surface area contributed by atoms with Crippen LogP contribution in [0.1, 0.15) is 36.7 Å². The summed E-state index contributed by atoms with van der Waals surface area (Å²) in [6.45, 7) is 8.60. The van der Waals surface area contributed by atoms with Gasteiger partial charge in [0.2, 0.25) is 0 Å². The van der Waals surface area contributed by atoms with Crippen LogP contribution in [0.3, 0.4) is 0 Å². The summed E-state index contributed by atoms with van der Waals surface area (Å²) in [6.07, 6.45) is 3.43. The molecule has 0 aromatic carbocycles. The van der Waals surface area contributed by atoms with E-state index in [9.17, 15) is 4.79 Å². The Labute approximate surface area is 133 Å². The molecule has 0 saturated heterocycles. The quantitative estimate of drug-likeness (QED) is 0.913. The van der Waals surface area contributed by atoms with Gasteiger partial charge in [0.05, 0.1) is 17.9 Å². The summed E-state index contributed by atoms with van der Waals surface area (Å²) in [6, 6.07) is -0.0247. The standard InChI is InChI=1S/C14H19ClN4OS/c1-8(2)7-19-14(20)12(15)11(6-17-19)18-10(4)13-16-5-9(3)21-13/h5-6,8,10,18H,7H2,1-4H3. The molecule has 0 spiro atoms. The average Bonchev–Trinajstić information content (AvgIpc) is 2.84. The molecule has 0 amide bonds. The Morgan fingerprint density at radius 3 is 2.67 bits per heavy atom. The molecule has 1 atom stereocenters. The maximum Gasteiger partial charge on any atom is 0.287 e. The summed E-state index contributed by atoms with van der Waals surface area (Å²) in [5.74, 6) is 0.335. The van der Waals surface area contributed by atoms with Crippen molar-refractivity contribution < 1.29 is 0 Å². The van der Waals surface area contributed by atoms with Gasteiger partial charge in [-0.1, -0.05) is 25.4 Å². The molecular weight excluding hydrogens is 308 g/mol. The van der Waals surface area contributed by atoms with Gasteiger partial charge >= 0.3 is 0 Å². The fourth-order valence-electron chi connectivity index (χ4n) is 1.91. The first kappa shape index (κ1) is 16.0. The second-order valence-electron chi connectivity index (χ2n) is 5.43. The Hall–Kier alpha value is -1.40. The van der Waals surface area contributed by atoms with Crippen molar-refractivity contribution in [3.63, 3.8) is 0 Å². The molecule has 0 fully saturated rings. The topological polar surface area (TPSA) is 59.8 Å². The highest BCUT2D eigenvalue weighted by Crippen LogP contribution is 2.25. The number of nitrogens with one attached hydrogen (secondary N) is 1. The molecule has 0 bridgehead atoms. The van der Waals surface area contributed by atoms with Gasteiger partial charge in [-0.05, 0) is 19.8 Å². The van der Waals surface area contributed by atoms with E-state index in [1.54, 1.807) is 17.5 Å². The Kier molecular flexibility index (Phi) is 5.00. The molecule has 114 valence electrons. The van der Waals surface area contributed by atoms with E-state index >= 15 is 0 Å². The molecule has 7 heteroatoms. The highest BCUT2D eigenvalue weighted by molar-refractivity contribution is 7.11. The number of nitrogens with zero attached hydrogens (tertiary/aromatic N) is 3. The van der Waals surface area contributed by atoms with Gasteiger partial charge < -0.3 is 5.32 Å². The fourth-order valence-corrected chi connectivity index (χ4v) is 2.89. The number of hydrogen-bond acceptors (Lipinski definition) is 5. The van der Waals surface area contributed by atoms with Crippen LogP contribution in [0.25, 0.3) is 0 Å². The Morgan fingerprint density at radius 1 is 1.38 bits per heavy atom. The second-order valence-corrected chi connectivity index (χ2v) is 7.07. The van der Waals surface area contributed by atoms with E-state index in [4.69, 9.17) is 11.6 Å². The van der Waals surface area contributed by atoms with Gasteiger partial charge in [-0.2, -0.15) is 5.10 Å². The van der Waals surface area contributed by atoms with Crippen LogP contribution in [-0.2, 0) is 6.54 Å². The number of aryl methyl sites for hydroxylation is 1. The molecule has 2 aromatic rings. The predicted molar refractivity (Wildman–Crippen MR) is 87.2 cm³/mol. The van der Waals surface area contributed by atoms with Gasteiger partial charge in [0.25, 0.3) is 5.56 Å². The highest BCUT2D eigenvalue weighted by Gasteiger charge is 2.14. The van der Waals surface area contributed by atoms with E-state index in [1.807, 2.05) is 33.9 Å². The van der Waals surface area contributed by atoms with Gasteiger partial charge in [0, 0.05) is 17.6 Å². The molecule has 0 radical (unpaired) electrons. The Morgan fingerprint density at radius 2 is 2.10 bits per heavy atom. The summed E-state index contributed by atoms with van der Waals surface area (Å²) in [5, 5.41) is 8.50. The van der Waals surface area contributed by atoms with E-state index < -0.39 is 0 Å². The van der Waals surface area contributed by atoms with Gasteiger partial charge in [0.1, 0.15) is 10.0 Å². The number of thiazole rings is 1. The van der Waals surface area contributed by atoms with Gasteiger partial charge in [0.15, 0.2) is 0 Å². The maximum atomic E-state index is 12.2. The maximum absolute atomic E-state index is 12.2. The van der Waals surface area contributed by atoms with E-state index in [2.05, 4.69) is 15.4 Å². The largest absolute Gasteiger partial charge is 0.373 e. The number of hydrogen-bond donors (Lipinski definition) is 1. The number of aromatic nitrogens is 3. The van der Waals surface area contributed by atoms with Gasteiger partial charge in [-0.15, -0.1) is 11.3 Å². The Bertz CT molecular complexity index is 680. The van der Waals surface area contributed by atoms with Crippen molar-refractivity contribution in [2.75, 3.05) is 5.32 Å². The number of anilines is 1. The third-order valence-electron chi connectivity index (χ3n) is 2.90. The monoisotopic (exact) mass is 326 g/mol. The molecule has 2 rings (SSSR count). The third-order valence-corrected chi connectivity index (χ3v) is 4.37. The molecule has 1 unspecified atom stereocenters. The minimum Gasteiger partial charge on any atom is -0.373 e. The third kappa shape index (κ3) is 3.83. The van der Waals surface area contributed by atoms with Crippen molar-refractivity contribution in [2.45, 2.75) is 40.3 Å². The fraction of sp³-hybridized carbons (Fsp3) is 0.500. The van der Waals surface area contributed by atoms with Gasteiger partial charge in [-0.25, -0.2) is 9.67 Å². The van der Waals surface area contributed by atoms with Crippen molar-refractivity contribution in [1.29, 1.82) is 0 Å². The summed E-state index contributed by atoms with van der Waals surface area (Å²) < 4.78 is 1.40. The highest BCUT2D eigenvalue weighted by atomic mass is 35.5. The lowest BCUT2D eigenvalue weighted by Crippen LogP contribution is -2.26. The van der Waals surface area contributed by atoms with Crippen molar-refractivity contribution in [2.24, 2.45) is 5.92 Å². The predicted octanol–water partition coefficient (Wildman–Crippen LogP) is 3.49. The van der Waals surface area contributed by atoms with E-state index in [0.717, 1.165) is 9.88 Å². The van der Waals surface area contributed by atoms with Crippen LogP contribution in [0, 0.1) is 12.8 Å². The minimum absolute atomic E-state index is 0.0247. The first-order valence-electron chi connectivity index (χ1n) is 6.83. The summed E-state index contributed by atoms with van der Waals surface area (Å²) in [4.78, 5) is 17.6. The van der Waals surface area contributed by atoms with Crippen LogP contribution in [-0.4, -0.2) is 14.8 Å². The van der Waals surface area contributed by atoms with Crippen LogP contribution < -0.4 is 10.9 Å². The molecule has 1 N–H and O–H groups in total. The summed E-state index contributed by atoms with van der Waals surface area (Å²) in [7, 11) is 0. The second kappa shape index (κ2) is 6.58. The lowest BCUT2D eigenvalue weighted by molar-refractivity contribution is 0.464. The lowest BCUT2D eigenvalue weighted by Gasteiger charge is -2.15. The van der Waals surface area contributed by atoms with E-state index in [-0.39, 0.29) is 16.6 Å². The molecule has 21 heavy (non-hydrogen) atoms. The summed E-state index contributed by atoms with van der Waals surface area (Å²) in [5.41, 5.74) is 0.278. The van der Waals surface area contributed by atoms with Crippen molar-refractivity contribution >= 4 is 28.6 Å². The zero-order valence-electron chi connectivity index (χ0n) is 12.6.